The molecule has 2 aromatic carbocycles. The summed E-state index contributed by atoms with van der Waals surface area (Å²) in [5.41, 5.74) is 0.737. The zero-order chi connectivity index (χ0) is 17.7. The van der Waals surface area contributed by atoms with Crippen LogP contribution in [0.15, 0.2) is 51.8 Å². The van der Waals surface area contributed by atoms with E-state index in [-0.39, 0.29) is 17.2 Å². The van der Waals surface area contributed by atoms with Crippen molar-refractivity contribution in [1.82, 2.24) is 0 Å². The number of amides is 1. The van der Waals surface area contributed by atoms with E-state index in [1.807, 2.05) is 0 Å². The van der Waals surface area contributed by atoms with Gasteiger partial charge in [0.25, 0.3) is 10.0 Å². The normalized spacial score (nSPS) is 11.0. The fourth-order valence-corrected chi connectivity index (χ4v) is 3.43. The Morgan fingerprint density at radius 1 is 1.21 bits per heavy atom. The molecule has 0 aromatic heterocycles. The first-order chi connectivity index (χ1) is 11.4. The number of halogens is 1. The van der Waals surface area contributed by atoms with Crippen LogP contribution in [0.25, 0.3) is 0 Å². The number of methoxy groups -OCH3 is 1. The third-order valence-electron chi connectivity index (χ3n) is 3.15. The number of hydrogen-bond acceptors (Lipinski definition) is 4. The Balaban J connectivity index is 2.36. The standard InChI is InChI=1S/C16H17BrN2O4S/c1-3-16(20)18-14-10-13(7-8-15(14)23-2)24(21,22)19-12-6-4-5-11(17)9-12/h4-10,19H,3H2,1-2H3,(H,18,20). The molecule has 2 aromatic rings. The van der Waals surface area contributed by atoms with Crippen LogP contribution in [0.1, 0.15) is 13.3 Å². The number of hydrogen-bond donors (Lipinski definition) is 2. The van der Waals surface area contributed by atoms with Gasteiger partial charge in [-0.1, -0.05) is 28.9 Å². The van der Waals surface area contributed by atoms with Crippen LogP contribution < -0.4 is 14.8 Å². The Morgan fingerprint density at radius 3 is 2.58 bits per heavy atom. The first-order valence-electron chi connectivity index (χ1n) is 7.12. The summed E-state index contributed by atoms with van der Waals surface area (Å²) in [6, 6.07) is 11.1. The van der Waals surface area contributed by atoms with E-state index in [0.29, 0.717) is 17.1 Å². The fraction of sp³-hybridized carbons (Fsp3) is 0.188. The molecule has 2 N–H and O–H groups in total. The molecule has 0 spiro atoms. The molecular weight excluding hydrogens is 396 g/mol. The Labute approximate surface area is 149 Å². The third-order valence-corrected chi connectivity index (χ3v) is 5.03. The zero-order valence-electron chi connectivity index (χ0n) is 13.2. The molecule has 0 saturated heterocycles. The van der Waals surface area contributed by atoms with Crippen molar-refractivity contribution in [2.75, 3.05) is 17.1 Å². The van der Waals surface area contributed by atoms with Crippen molar-refractivity contribution in [1.29, 1.82) is 0 Å². The number of benzene rings is 2. The molecule has 128 valence electrons. The summed E-state index contributed by atoms with van der Waals surface area (Å²) in [4.78, 5) is 11.6. The summed E-state index contributed by atoms with van der Waals surface area (Å²) < 4.78 is 33.5. The van der Waals surface area contributed by atoms with Crippen molar-refractivity contribution in [3.05, 3.63) is 46.9 Å². The molecule has 0 unspecified atom stereocenters. The maximum absolute atomic E-state index is 12.5. The topological polar surface area (TPSA) is 84.5 Å². The Morgan fingerprint density at radius 2 is 1.96 bits per heavy atom. The van der Waals surface area contributed by atoms with Crippen molar-refractivity contribution in [3.8, 4) is 5.75 Å². The van der Waals surface area contributed by atoms with Gasteiger partial charge < -0.3 is 10.1 Å². The third kappa shape index (κ3) is 4.48. The van der Waals surface area contributed by atoms with Gasteiger partial charge in [0.1, 0.15) is 5.75 Å². The van der Waals surface area contributed by atoms with Crippen LogP contribution in [0.2, 0.25) is 0 Å². The van der Waals surface area contributed by atoms with Crippen molar-refractivity contribution >= 4 is 43.2 Å². The Kier molecular flexibility index (Phi) is 5.84. The van der Waals surface area contributed by atoms with Gasteiger partial charge in [0, 0.05) is 16.6 Å². The van der Waals surface area contributed by atoms with Crippen LogP contribution in [-0.2, 0) is 14.8 Å². The smallest absolute Gasteiger partial charge is 0.261 e. The highest BCUT2D eigenvalue weighted by Crippen LogP contribution is 2.29. The van der Waals surface area contributed by atoms with E-state index in [1.165, 1.54) is 25.3 Å². The minimum Gasteiger partial charge on any atom is -0.495 e. The molecule has 0 atom stereocenters. The predicted molar refractivity (Wildman–Crippen MR) is 96.9 cm³/mol. The molecule has 0 radical (unpaired) electrons. The van der Waals surface area contributed by atoms with Crippen molar-refractivity contribution in [2.45, 2.75) is 18.2 Å². The highest BCUT2D eigenvalue weighted by molar-refractivity contribution is 9.10. The molecular formula is C16H17BrN2O4S. The number of carbonyl (C=O) groups excluding carboxylic acids is 1. The quantitative estimate of drug-likeness (QED) is 0.758. The van der Waals surface area contributed by atoms with E-state index in [1.54, 1.807) is 31.2 Å². The van der Waals surface area contributed by atoms with E-state index < -0.39 is 10.0 Å². The van der Waals surface area contributed by atoms with Gasteiger partial charge in [-0.2, -0.15) is 0 Å². The molecule has 0 bridgehead atoms. The molecule has 0 aliphatic heterocycles. The van der Waals surface area contributed by atoms with E-state index >= 15 is 0 Å². The number of carbonyl (C=O) groups is 1. The lowest BCUT2D eigenvalue weighted by Crippen LogP contribution is -2.15. The van der Waals surface area contributed by atoms with Gasteiger partial charge in [-0.25, -0.2) is 8.42 Å². The monoisotopic (exact) mass is 412 g/mol. The summed E-state index contributed by atoms with van der Waals surface area (Å²) in [7, 11) is -2.35. The molecule has 0 aliphatic rings. The number of anilines is 2. The van der Waals surface area contributed by atoms with Crippen molar-refractivity contribution < 1.29 is 17.9 Å². The number of ether oxygens (including phenoxy) is 1. The second kappa shape index (κ2) is 7.67. The van der Waals surface area contributed by atoms with Crippen molar-refractivity contribution in [2.24, 2.45) is 0 Å². The van der Waals surface area contributed by atoms with E-state index in [9.17, 15) is 13.2 Å². The first-order valence-corrected chi connectivity index (χ1v) is 9.39. The van der Waals surface area contributed by atoms with Crippen LogP contribution in [0, 0.1) is 0 Å². The molecule has 0 saturated carbocycles. The molecule has 0 heterocycles. The average molecular weight is 413 g/mol. The van der Waals surface area contributed by atoms with E-state index in [0.717, 1.165) is 4.47 Å². The van der Waals surface area contributed by atoms with Crippen LogP contribution in [0.3, 0.4) is 0 Å². The largest absolute Gasteiger partial charge is 0.495 e. The van der Waals surface area contributed by atoms with Crippen LogP contribution in [0.4, 0.5) is 11.4 Å². The molecule has 1 amide bonds. The number of rotatable bonds is 6. The summed E-state index contributed by atoms with van der Waals surface area (Å²) in [6.07, 6.45) is 0.274. The molecule has 2 rings (SSSR count). The fourth-order valence-electron chi connectivity index (χ4n) is 1.96. The molecule has 8 heteroatoms. The van der Waals surface area contributed by atoms with Crippen LogP contribution >= 0.6 is 15.9 Å². The van der Waals surface area contributed by atoms with Gasteiger partial charge in [-0.3, -0.25) is 9.52 Å². The molecule has 6 nitrogen and oxygen atoms in total. The van der Waals surface area contributed by atoms with Crippen molar-refractivity contribution in [3.63, 3.8) is 0 Å². The SMILES string of the molecule is CCC(=O)Nc1cc(S(=O)(=O)Nc2cccc(Br)c2)ccc1OC. The lowest BCUT2D eigenvalue weighted by atomic mass is 10.3. The maximum atomic E-state index is 12.5. The van der Waals surface area contributed by atoms with Gasteiger partial charge in [0.15, 0.2) is 0 Å². The maximum Gasteiger partial charge on any atom is 0.261 e. The second-order valence-corrected chi connectivity index (χ2v) is 7.48. The molecule has 24 heavy (non-hydrogen) atoms. The zero-order valence-corrected chi connectivity index (χ0v) is 15.6. The average Bonchev–Trinajstić information content (AvgIpc) is 2.54. The summed E-state index contributed by atoms with van der Waals surface area (Å²) in [5.74, 6) is 0.154. The first kappa shape index (κ1) is 18.3. The predicted octanol–water partition coefficient (Wildman–Crippen LogP) is 3.61. The van der Waals surface area contributed by atoms with E-state index in [2.05, 4.69) is 26.0 Å². The molecule has 0 aliphatic carbocycles. The lowest BCUT2D eigenvalue weighted by Gasteiger charge is -2.13. The minimum absolute atomic E-state index is 0.0229. The minimum atomic E-state index is -3.80. The van der Waals surface area contributed by atoms with E-state index in [4.69, 9.17) is 4.74 Å². The van der Waals surface area contributed by atoms with Gasteiger partial charge in [-0.15, -0.1) is 0 Å². The Hall–Kier alpha value is -2.06. The molecule has 0 fully saturated rings. The van der Waals surface area contributed by atoms with Crippen LogP contribution in [-0.4, -0.2) is 21.4 Å². The number of sulfonamides is 1. The summed E-state index contributed by atoms with van der Waals surface area (Å²) >= 11 is 3.29. The number of nitrogens with one attached hydrogen (secondary N) is 2. The summed E-state index contributed by atoms with van der Waals surface area (Å²) in [5, 5.41) is 2.63. The van der Waals surface area contributed by atoms with Crippen LogP contribution in [0.5, 0.6) is 5.75 Å². The van der Waals surface area contributed by atoms with Gasteiger partial charge in [-0.05, 0) is 36.4 Å². The summed E-state index contributed by atoms with van der Waals surface area (Å²) in [6.45, 7) is 1.71. The second-order valence-electron chi connectivity index (χ2n) is 4.88. The highest BCUT2D eigenvalue weighted by atomic mass is 79.9. The highest BCUT2D eigenvalue weighted by Gasteiger charge is 2.17. The lowest BCUT2D eigenvalue weighted by molar-refractivity contribution is -0.115. The van der Waals surface area contributed by atoms with Gasteiger partial charge in [0.05, 0.1) is 17.7 Å². The van der Waals surface area contributed by atoms with Gasteiger partial charge in [0.2, 0.25) is 5.91 Å². The van der Waals surface area contributed by atoms with Gasteiger partial charge >= 0.3 is 0 Å². The Bertz CT molecular complexity index is 853.